The first-order chi connectivity index (χ1) is 10.1. The Labute approximate surface area is 120 Å². The fourth-order valence-corrected chi connectivity index (χ4v) is 3.41. The van der Waals surface area contributed by atoms with Crippen LogP contribution in [0.5, 0.6) is 11.5 Å². The SMILES string of the molecule is O=C1N[C@H]2CC=CC[C@]2(C(=O)O)c2cc3c(cc21)OCO3. The zero-order valence-electron chi connectivity index (χ0n) is 11.1. The molecule has 0 fully saturated rings. The molecule has 21 heavy (non-hydrogen) atoms. The average molecular weight is 287 g/mol. The first kappa shape index (κ1) is 12.3. The van der Waals surface area contributed by atoms with Gasteiger partial charge in [-0.15, -0.1) is 0 Å². The van der Waals surface area contributed by atoms with E-state index in [-0.39, 0.29) is 12.7 Å². The summed E-state index contributed by atoms with van der Waals surface area (Å²) in [7, 11) is 0. The molecule has 1 amide bonds. The summed E-state index contributed by atoms with van der Waals surface area (Å²) < 4.78 is 10.6. The average Bonchev–Trinajstić information content (AvgIpc) is 2.93. The van der Waals surface area contributed by atoms with Gasteiger partial charge in [0, 0.05) is 5.56 Å². The monoisotopic (exact) mass is 287 g/mol. The van der Waals surface area contributed by atoms with Crippen LogP contribution in [0.1, 0.15) is 28.8 Å². The summed E-state index contributed by atoms with van der Waals surface area (Å²) in [5, 5.41) is 12.7. The summed E-state index contributed by atoms with van der Waals surface area (Å²) in [6.45, 7) is 0.0866. The zero-order chi connectivity index (χ0) is 14.6. The Hall–Kier alpha value is -2.50. The number of hydrogen-bond acceptors (Lipinski definition) is 4. The van der Waals surface area contributed by atoms with Gasteiger partial charge >= 0.3 is 5.97 Å². The Kier molecular flexibility index (Phi) is 2.34. The van der Waals surface area contributed by atoms with Crippen LogP contribution in [0.2, 0.25) is 0 Å². The zero-order valence-corrected chi connectivity index (χ0v) is 11.1. The molecule has 1 aromatic carbocycles. The van der Waals surface area contributed by atoms with Gasteiger partial charge in [-0.2, -0.15) is 0 Å². The summed E-state index contributed by atoms with van der Waals surface area (Å²) in [4.78, 5) is 24.3. The predicted molar refractivity (Wildman–Crippen MR) is 71.5 cm³/mol. The molecule has 1 aromatic rings. The Morgan fingerprint density at radius 2 is 2.05 bits per heavy atom. The van der Waals surface area contributed by atoms with Gasteiger partial charge in [0.15, 0.2) is 11.5 Å². The van der Waals surface area contributed by atoms with E-state index in [9.17, 15) is 14.7 Å². The highest BCUT2D eigenvalue weighted by molar-refractivity contribution is 6.02. The van der Waals surface area contributed by atoms with Gasteiger partial charge in [-0.05, 0) is 30.5 Å². The van der Waals surface area contributed by atoms with Crippen LogP contribution in [0.3, 0.4) is 0 Å². The number of carboxylic acid groups (broad SMARTS) is 1. The van der Waals surface area contributed by atoms with Gasteiger partial charge in [-0.25, -0.2) is 0 Å². The highest BCUT2D eigenvalue weighted by Crippen LogP contribution is 2.46. The van der Waals surface area contributed by atoms with Crippen molar-refractivity contribution in [1.29, 1.82) is 0 Å². The lowest BCUT2D eigenvalue weighted by Crippen LogP contribution is -2.59. The van der Waals surface area contributed by atoms with Crippen LogP contribution in [0.15, 0.2) is 24.3 Å². The lowest BCUT2D eigenvalue weighted by atomic mass is 9.65. The van der Waals surface area contributed by atoms with Crippen LogP contribution < -0.4 is 14.8 Å². The van der Waals surface area contributed by atoms with Crippen LogP contribution in [0.25, 0.3) is 0 Å². The first-order valence-electron chi connectivity index (χ1n) is 6.76. The van der Waals surface area contributed by atoms with Crippen molar-refractivity contribution in [3.05, 3.63) is 35.4 Å². The number of ether oxygens (including phenoxy) is 2. The lowest BCUT2D eigenvalue weighted by molar-refractivity contribution is -0.145. The molecular weight excluding hydrogens is 274 g/mol. The summed E-state index contributed by atoms with van der Waals surface area (Å²) in [6.07, 6.45) is 4.62. The quantitative estimate of drug-likeness (QED) is 0.758. The number of benzene rings is 1. The van der Waals surface area contributed by atoms with Crippen molar-refractivity contribution in [3.63, 3.8) is 0 Å². The van der Waals surface area contributed by atoms with Gasteiger partial charge in [0.25, 0.3) is 5.91 Å². The molecule has 0 saturated heterocycles. The topological polar surface area (TPSA) is 84.9 Å². The highest BCUT2D eigenvalue weighted by Gasteiger charge is 2.53. The molecule has 2 atom stereocenters. The van der Waals surface area contributed by atoms with Crippen LogP contribution in [-0.2, 0) is 10.2 Å². The Bertz CT molecular complexity index is 696. The van der Waals surface area contributed by atoms with Crippen molar-refractivity contribution in [1.82, 2.24) is 5.32 Å². The fraction of sp³-hybridized carbons (Fsp3) is 0.333. The molecule has 3 aliphatic rings. The molecule has 1 aliphatic carbocycles. The minimum Gasteiger partial charge on any atom is -0.481 e. The van der Waals surface area contributed by atoms with Gasteiger partial charge in [-0.1, -0.05) is 12.2 Å². The third-order valence-electron chi connectivity index (χ3n) is 4.50. The molecule has 2 N–H and O–H groups in total. The smallest absolute Gasteiger partial charge is 0.316 e. The lowest BCUT2D eigenvalue weighted by Gasteiger charge is -2.43. The van der Waals surface area contributed by atoms with Gasteiger partial charge in [-0.3, -0.25) is 9.59 Å². The number of rotatable bonds is 1. The largest absolute Gasteiger partial charge is 0.481 e. The number of carbonyl (C=O) groups excluding carboxylic acids is 1. The number of amides is 1. The van der Waals surface area contributed by atoms with Gasteiger partial charge in [0.1, 0.15) is 5.41 Å². The number of allylic oxidation sites excluding steroid dienone is 1. The van der Waals surface area contributed by atoms with Gasteiger partial charge in [0.05, 0.1) is 6.04 Å². The van der Waals surface area contributed by atoms with E-state index in [0.717, 1.165) is 0 Å². The minimum atomic E-state index is -1.14. The fourth-order valence-electron chi connectivity index (χ4n) is 3.41. The highest BCUT2D eigenvalue weighted by atomic mass is 16.7. The van der Waals surface area contributed by atoms with Crippen molar-refractivity contribution >= 4 is 11.9 Å². The molecule has 2 heterocycles. The molecule has 0 bridgehead atoms. The van der Waals surface area contributed by atoms with Crippen molar-refractivity contribution in [2.75, 3.05) is 6.79 Å². The molecule has 108 valence electrons. The second kappa shape index (κ2) is 4.00. The Balaban J connectivity index is 1.99. The van der Waals surface area contributed by atoms with Crippen LogP contribution in [0.4, 0.5) is 0 Å². The summed E-state index contributed by atoms with van der Waals surface area (Å²) in [5.41, 5.74) is -0.274. The molecule has 2 aliphatic heterocycles. The van der Waals surface area contributed by atoms with E-state index >= 15 is 0 Å². The minimum absolute atomic E-state index is 0.0866. The first-order valence-corrected chi connectivity index (χ1v) is 6.76. The second-order valence-electron chi connectivity index (χ2n) is 5.46. The molecular formula is C15H13NO5. The van der Waals surface area contributed by atoms with E-state index in [0.29, 0.717) is 35.5 Å². The van der Waals surface area contributed by atoms with Crippen molar-refractivity contribution in [2.24, 2.45) is 0 Å². The van der Waals surface area contributed by atoms with Crippen LogP contribution in [0, 0.1) is 0 Å². The van der Waals surface area contributed by atoms with E-state index in [1.54, 1.807) is 12.1 Å². The number of carbonyl (C=O) groups is 2. The van der Waals surface area contributed by atoms with E-state index < -0.39 is 17.4 Å². The maximum Gasteiger partial charge on any atom is 0.316 e. The molecule has 6 heteroatoms. The Morgan fingerprint density at radius 3 is 2.81 bits per heavy atom. The standard InChI is InChI=1S/C15H13NO5/c17-13-8-5-10-11(21-7-20-10)6-9(8)15(14(18)19)4-2-1-3-12(15)16-13/h1-2,5-6,12H,3-4,7H2,(H,16,17)(H,18,19)/t12-,15-/m0/s1. The van der Waals surface area contributed by atoms with E-state index in [1.165, 1.54) is 0 Å². The van der Waals surface area contributed by atoms with Crippen LogP contribution in [-0.4, -0.2) is 29.8 Å². The molecule has 0 saturated carbocycles. The van der Waals surface area contributed by atoms with E-state index in [4.69, 9.17) is 9.47 Å². The number of carboxylic acids is 1. The summed E-state index contributed by atoms with van der Waals surface area (Å²) >= 11 is 0. The number of hydrogen-bond donors (Lipinski definition) is 2. The second-order valence-corrected chi connectivity index (χ2v) is 5.46. The number of nitrogens with one attached hydrogen (secondary N) is 1. The van der Waals surface area contributed by atoms with Crippen molar-refractivity contribution in [3.8, 4) is 11.5 Å². The summed E-state index contributed by atoms with van der Waals surface area (Å²) in [5.74, 6) is -0.218. The predicted octanol–water partition coefficient (Wildman–Crippen LogP) is 1.20. The molecule has 6 nitrogen and oxygen atoms in total. The van der Waals surface area contributed by atoms with E-state index in [2.05, 4.69) is 5.32 Å². The molecule has 0 aromatic heterocycles. The van der Waals surface area contributed by atoms with Crippen molar-refractivity contribution in [2.45, 2.75) is 24.3 Å². The summed E-state index contributed by atoms with van der Waals surface area (Å²) in [6, 6.07) is 2.78. The molecule has 0 unspecified atom stereocenters. The number of aliphatic carboxylic acids is 1. The number of fused-ring (bicyclic) bond motifs is 4. The maximum absolute atomic E-state index is 12.3. The van der Waals surface area contributed by atoms with Gasteiger partial charge in [0.2, 0.25) is 6.79 Å². The Morgan fingerprint density at radius 1 is 1.29 bits per heavy atom. The van der Waals surface area contributed by atoms with Crippen LogP contribution >= 0.6 is 0 Å². The maximum atomic E-state index is 12.3. The van der Waals surface area contributed by atoms with Gasteiger partial charge < -0.3 is 19.9 Å². The molecule has 4 rings (SSSR count). The normalized spacial score (nSPS) is 28.6. The van der Waals surface area contributed by atoms with E-state index in [1.807, 2.05) is 12.2 Å². The third-order valence-corrected chi connectivity index (χ3v) is 4.50. The third kappa shape index (κ3) is 1.47. The molecule has 0 spiro atoms. The van der Waals surface area contributed by atoms with Crippen molar-refractivity contribution < 1.29 is 24.2 Å². The molecule has 0 radical (unpaired) electrons.